The molecule has 0 atom stereocenters. The molecule has 0 saturated carbocycles. The normalized spacial score (nSPS) is 10.2. The van der Waals surface area contributed by atoms with Gasteiger partial charge in [-0.1, -0.05) is 15.9 Å². The van der Waals surface area contributed by atoms with E-state index in [1.54, 1.807) is 12.1 Å². The summed E-state index contributed by atoms with van der Waals surface area (Å²) in [5, 5.41) is 16.8. The molecule has 1 heterocycles. The van der Waals surface area contributed by atoms with Gasteiger partial charge in [0.25, 0.3) is 0 Å². The van der Waals surface area contributed by atoms with Crippen molar-refractivity contribution < 1.29 is 9.90 Å². The largest absolute Gasteiger partial charge is 0.478 e. The smallest absolute Gasteiger partial charge is 0.338 e. The number of nitrogens with zero attached hydrogens (tertiary/aromatic N) is 3. The lowest BCUT2D eigenvalue weighted by molar-refractivity contribution is 0.0696. The van der Waals surface area contributed by atoms with Gasteiger partial charge in [-0.2, -0.15) is 15.0 Å². The summed E-state index contributed by atoms with van der Waals surface area (Å²) < 4.78 is 0.704. The fraction of sp³-hybridized carbons (Fsp3) is 0. The maximum atomic E-state index is 11.0. The Morgan fingerprint density at radius 1 is 1.33 bits per heavy atom. The van der Waals surface area contributed by atoms with E-state index >= 15 is 0 Å². The van der Waals surface area contributed by atoms with Gasteiger partial charge < -0.3 is 5.11 Å². The summed E-state index contributed by atoms with van der Waals surface area (Å²) in [5.41, 5.74) is 0.594. The Bertz CT molecular complexity index is 496. The Morgan fingerprint density at radius 2 is 2.00 bits per heavy atom. The van der Waals surface area contributed by atoms with Gasteiger partial charge in [0.05, 0.1) is 18.0 Å². The van der Waals surface area contributed by atoms with Gasteiger partial charge in [0.15, 0.2) is 0 Å². The molecule has 1 aromatic carbocycles. The molecule has 6 heteroatoms. The minimum Gasteiger partial charge on any atom is -0.478 e. The summed E-state index contributed by atoms with van der Waals surface area (Å²) in [5.74, 6) is -1.01. The standard InChI is InChI=1S/C9H6BrN3O2/c10-6-1-2-8(7(5-6)9(14)15)13-11-3-4-12-13/h1-5H,(H,14,15). The van der Waals surface area contributed by atoms with Crippen molar-refractivity contribution in [2.75, 3.05) is 0 Å². The van der Waals surface area contributed by atoms with E-state index in [1.807, 2.05) is 0 Å². The number of halogens is 1. The Balaban J connectivity index is 2.61. The molecule has 0 aliphatic rings. The average Bonchev–Trinajstić information content (AvgIpc) is 2.70. The monoisotopic (exact) mass is 267 g/mol. The van der Waals surface area contributed by atoms with Crippen molar-refractivity contribution in [2.24, 2.45) is 0 Å². The molecule has 76 valence electrons. The van der Waals surface area contributed by atoms with E-state index in [0.717, 1.165) is 0 Å². The number of carboxylic acids is 1. The highest BCUT2D eigenvalue weighted by Gasteiger charge is 2.12. The average molecular weight is 268 g/mol. The van der Waals surface area contributed by atoms with Crippen LogP contribution in [0.2, 0.25) is 0 Å². The fourth-order valence-electron chi connectivity index (χ4n) is 1.19. The third-order valence-corrected chi connectivity index (χ3v) is 2.32. The molecular weight excluding hydrogens is 262 g/mol. The van der Waals surface area contributed by atoms with E-state index in [0.29, 0.717) is 10.2 Å². The maximum absolute atomic E-state index is 11.0. The number of benzene rings is 1. The Labute approximate surface area is 93.5 Å². The summed E-state index contributed by atoms with van der Waals surface area (Å²) in [6, 6.07) is 4.90. The molecule has 2 rings (SSSR count). The molecule has 0 bridgehead atoms. The summed E-state index contributed by atoms with van der Waals surface area (Å²) >= 11 is 3.21. The second-order valence-electron chi connectivity index (χ2n) is 2.79. The number of aromatic carboxylic acids is 1. The summed E-state index contributed by atoms with van der Waals surface area (Å²) in [6.45, 7) is 0. The number of hydrogen-bond acceptors (Lipinski definition) is 3. The second kappa shape index (κ2) is 3.82. The lowest BCUT2D eigenvalue weighted by Crippen LogP contribution is -2.07. The lowest BCUT2D eigenvalue weighted by Gasteiger charge is -2.04. The van der Waals surface area contributed by atoms with Gasteiger partial charge in [0.1, 0.15) is 5.69 Å². The summed E-state index contributed by atoms with van der Waals surface area (Å²) in [4.78, 5) is 12.3. The molecule has 0 fully saturated rings. The van der Waals surface area contributed by atoms with Crippen LogP contribution in [-0.2, 0) is 0 Å². The molecule has 0 unspecified atom stereocenters. The first-order valence-corrected chi connectivity index (χ1v) is 4.87. The number of hydrogen-bond donors (Lipinski definition) is 1. The zero-order valence-electron chi connectivity index (χ0n) is 7.46. The number of carboxylic acid groups (broad SMARTS) is 1. The van der Waals surface area contributed by atoms with Crippen molar-refractivity contribution >= 4 is 21.9 Å². The van der Waals surface area contributed by atoms with Crippen LogP contribution in [0.25, 0.3) is 5.69 Å². The minimum atomic E-state index is -1.01. The Kier molecular flexibility index (Phi) is 2.51. The van der Waals surface area contributed by atoms with Crippen LogP contribution in [-0.4, -0.2) is 26.1 Å². The van der Waals surface area contributed by atoms with Gasteiger partial charge in [-0.05, 0) is 18.2 Å². The second-order valence-corrected chi connectivity index (χ2v) is 3.70. The minimum absolute atomic E-state index is 0.153. The van der Waals surface area contributed by atoms with Crippen molar-refractivity contribution in [3.8, 4) is 5.69 Å². The van der Waals surface area contributed by atoms with Gasteiger partial charge >= 0.3 is 5.97 Å². The first-order chi connectivity index (χ1) is 7.18. The summed E-state index contributed by atoms with van der Waals surface area (Å²) in [6.07, 6.45) is 2.99. The molecule has 1 aromatic heterocycles. The quantitative estimate of drug-likeness (QED) is 0.900. The lowest BCUT2D eigenvalue weighted by atomic mass is 10.2. The zero-order valence-corrected chi connectivity index (χ0v) is 9.05. The maximum Gasteiger partial charge on any atom is 0.338 e. The van der Waals surface area contributed by atoms with E-state index in [1.165, 1.54) is 23.3 Å². The number of carbonyl (C=O) groups is 1. The van der Waals surface area contributed by atoms with Gasteiger partial charge in [0.2, 0.25) is 0 Å². The highest BCUT2D eigenvalue weighted by molar-refractivity contribution is 9.10. The highest BCUT2D eigenvalue weighted by atomic mass is 79.9. The number of aromatic nitrogens is 3. The number of rotatable bonds is 2. The molecule has 0 aliphatic carbocycles. The first kappa shape index (κ1) is 9.85. The highest BCUT2D eigenvalue weighted by Crippen LogP contribution is 2.18. The van der Waals surface area contributed by atoms with Gasteiger partial charge in [-0.15, -0.1) is 0 Å². The topological polar surface area (TPSA) is 68.0 Å². The van der Waals surface area contributed by atoms with E-state index in [4.69, 9.17) is 5.11 Å². The van der Waals surface area contributed by atoms with Gasteiger partial charge in [-0.3, -0.25) is 0 Å². The van der Waals surface area contributed by atoms with E-state index in [2.05, 4.69) is 26.1 Å². The molecule has 15 heavy (non-hydrogen) atoms. The van der Waals surface area contributed by atoms with E-state index in [-0.39, 0.29) is 5.56 Å². The Morgan fingerprint density at radius 3 is 2.60 bits per heavy atom. The third-order valence-electron chi connectivity index (χ3n) is 1.82. The van der Waals surface area contributed by atoms with Gasteiger partial charge in [-0.25, -0.2) is 4.79 Å². The molecule has 0 spiro atoms. The van der Waals surface area contributed by atoms with Crippen LogP contribution >= 0.6 is 15.9 Å². The summed E-state index contributed by atoms with van der Waals surface area (Å²) in [7, 11) is 0. The first-order valence-electron chi connectivity index (χ1n) is 4.08. The molecule has 0 saturated heterocycles. The van der Waals surface area contributed by atoms with Crippen molar-refractivity contribution in [2.45, 2.75) is 0 Å². The van der Waals surface area contributed by atoms with Crippen molar-refractivity contribution in [3.63, 3.8) is 0 Å². The molecule has 0 aliphatic heterocycles. The Hall–Kier alpha value is -1.69. The van der Waals surface area contributed by atoms with Crippen LogP contribution in [0.1, 0.15) is 10.4 Å². The molecule has 0 radical (unpaired) electrons. The fourth-order valence-corrected chi connectivity index (χ4v) is 1.56. The van der Waals surface area contributed by atoms with Gasteiger partial charge in [0, 0.05) is 4.47 Å². The predicted molar refractivity (Wildman–Crippen MR) is 56.0 cm³/mol. The molecular formula is C9H6BrN3O2. The van der Waals surface area contributed by atoms with Crippen LogP contribution in [0.15, 0.2) is 35.1 Å². The molecule has 0 amide bonds. The molecule has 2 aromatic rings. The van der Waals surface area contributed by atoms with E-state index < -0.39 is 5.97 Å². The van der Waals surface area contributed by atoms with Crippen LogP contribution in [0.5, 0.6) is 0 Å². The predicted octanol–water partition coefficient (Wildman–Crippen LogP) is 1.73. The van der Waals surface area contributed by atoms with Crippen LogP contribution < -0.4 is 0 Å². The SMILES string of the molecule is O=C(O)c1cc(Br)ccc1-n1nccn1. The van der Waals surface area contributed by atoms with Crippen LogP contribution in [0.3, 0.4) is 0 Å². The molecule has 5 nitrogen and oxygen atoms in total. The van der Waals surface area contributed by atoms with Crippen molar-refractivity contribution in [1.29, 1.82) is 0 Å². The van der Waals surface area contributed by atoms with E-state index in [9.17, 15) is 4.79 Å². The third kappa shape index (κ3) is 1.89. The van der Waals surface area contributed by atoms with Crippen molar-refractivity contribution in [3.05, 3.63) is 40.6 Å². The van der Waals surface area contributed by atoms with Crippen molar-refractivity contribution in [1.82, 2.24) is 15.0 Å². The molecule has 1 N–H and O–H groups in total. The zero-order chi connectivity index (χ0) is 10.8. The van der Waals surface area contributed by atoms with Crippen LogP contribution in [0, 0.1) is 0 Å². The van der Waals surface area contributed by atoms with Crippen LogP contribution in [0.4, 0.5) is 0 Å².